The molecule has 1 aliphatic rings. The third-order valence-electron chi connectivity index (χ3n) is 3.27. The Morgan fingerprint density at radius 2 is 2.26 bits per heavy atom. The zero-order valence-corrected chi connectivity index (χ0v) is 11.5. The van der Waals surface area contributed by atoms with Crippen LogP contribution in [-0.4, -0.2) is 42.0 Å². The van der Waals surface area contributed by atoms with Crippen molar-refractivity contribution in [1.29, 1.82) is 0 Å². The Bertz CT molecular complexity index is 434. The first-order chi connectivity index (χ1) is 9.15. The minimum absolute atomic E-state index is 0.269. The maximum Gasteiger partial charge on any atom is 0.232 e. The topological polar surface area (TPSA) is 68.5 Å². The molecule has 0 bridgehead atoms. The Morgan fingerprint density at radius 3 is 2.89 bits per heavy atom. The lowest BCUT2D eigenvalue weighted by Crippen LogP contribution is -2.40. The summed E-state index contributed by atoms with van der Waals surface area (Å²) < 4.78 is 5.64. The van der Waals surface area contributed by atoms with E-state index in [4.69, 9.17) is 22.1 Å². The number of likely N-dealkylation sites (tertiary alicyclic amines) is 1. The minimum Gasteiger partial charge on any atom is -0.476 e. The van der Waals surface area contributed by atoms with Crippen LogP contribution in [0.25, 0.3) is 0 Å². The Balaban J connectivity index is 1.74. The third kappa shape index (κ3) is 4.36. The zero-order chi connectivity index (χ0) is 13.7. The molecule has 2 N–H and O–H groups in total. The Morgan fingerprint density at radius 1 is 1.53 bits per heavy atom. The second-order valence-corrected chi connectivity index (χ2v) is 5.19. The highest BCUT2D eigenvalue weighted by atomic mass is 35.5. The van der Waals surface area contributed by atoms with Crippen LogP contribution in [0.3, 0.4) is 0 Å². The van der Waals surface area contributed by atoms with E-state index in [0.717, 1.165) is 25.9 Å². The van der Waals surface area contributed by atoms with Crippen LogP contribution < -0.4 is 10.5 Å². The molecule has 2 rings (SSSR count). The van der Waals surface area contributed by atoms with E-state index in [0.29, 0.717) is 30.0 Å². The number of nitrogens with two attached hydrogens (primary N) is 1. The molecule has 1 aromatic rings. The number of halogens is 1. The first kappa shape index (κ1) is 14.1. The molecule has 5 nitrogen and oxygen atoms in total. The highest BCUT2D eigenvalue weighted by Gasteiger charge is 2.21. The van der Waals surface area contributed by atoms with Crippen LogP contribution in [0.4, 0.5) is 0 Å². The standard InChI is InChI=1S/C13H18ClN3O2/c14-11-2-1-5-16-13(11)19-9-10-3-6-17(7-4-10)8-12(15)18/h1-2,5,10H,3-4,6-9H2,(H2,15,18). The molecule has 1 aromatic heterocycles. The Kier molecular flexibility index (Phi) is 4.99. The third-order valence-corrected chi connectivity index (χ3v) is 3.55. The maximum absolute atomic E-state index is 10.8. The van der Waals surface area contributed by atoms with Crippen LogP contribution in [0.15, 0.2) is 18.3 Å². The largest absolute Gasteiger partial charge is 0.476 e. The van der Waals surface area contributed by atoms with Gasteiger partial charge in [-0.15, -0.1) is 0 Å². The van der Waals surface area contributed by atoms with E-state index < -0.39 is 0 Å². The van der Waals surface area contributed by atoms with Crippen LogP contribution in [0.5, 0.6) is 5.88 Å². The molecule has 0 aromatic carbocycles. The lowest BCUT2D eigenvalue weighted by Gasteiger charge is -2.30. The van der Waals surface area contributed by atoms with Gasteiger partial charge in [-0.1, -0.05) is 11.6 Å². The van der Waals surface area contributed by atoms with E-state index in [9.17, 15) is 4.79 Å². The second kappa shape index (κ2) is 6.73. The molecule has 0 spiro atoms. The summed E-state index contributed by atoms with van der Waals surface area (Å²) >= 11 is 5.98. The molecule has 1 amide bonds. The van der Waals surface area contributed by atoms with Gasteiger partial charge in [0, 0.05) is 6.20 Å². The molecule has 19 heavy (non-hydrogen) atoms. The number of aromatic nitrogens is 1. The van der Waals surface area contributed by atoms with Crippen molar-refractivity contribution in [3.05, 3.63) is 23.4 Å². The lowest BCUT2D eigenvalue weighted by molar-refractivity contribution is -0.119. The van der Waals surface area contributed by atoms with Crippen molar-refractivity contribution in [2.75, 3.05) is 26.2 Å². The number of amides is 1. The van der Waals surface area contributed by atoms with Crippen molar-refractivity contribution in [2.24, 2.45) is 11.7 Å². The van der Waals surface area contributed by atoms with E-state index in [1.165, 1.54) is 0 Å². The number of hydrogen-bond donors (Lipinski definition) is 1. The van der Waals surface area contributed by atoms with Crippen LogP contribution in [0.2, 0.25) is 5.02 Å². The predicted octanol–water partition coefficient (Wildman–Crippen LogP) is 1.31. The van der Waals surface area contributed by atoms with E-state index >= 15 is 0 Å². The summed E-state index contributed by atoms with van der Waals surface area (Å²) in [7, 11) is 0. The number of hydrogen-bond acceptors (Lipinski definition) is 4. The molecule has 2 heterocycles. The minimum atomic E-state index is -0.269. The molecular formula is C13H18ClN3O2. The molecule has 6 heteroatoms. The first-order valence-corrected chi connectivity index (χ1v) is 6.77. The van der Waals surface area contributed by atoms with Crippen LogP contribution in [-0.2, 0) is 4.79 Å². The quantitative estimate of drug-likeness (QED) is 0.885. The monoisotopic (exact) mass is 283 g/mol. The highest BCUT2D eigenvalue weighted by molar-refractivity contribution is 6.31. The molecule has 1 saturated heterocycles. The molecule has 0 atom stereocenters. The number of pyridine rings is 1. The zero-order valence-electron chi connectivity index (χ0n) is 10.7. The normalized spacial score (nSPS) is 17.3. The van der Waals surface area contributed by atoms with Gasteiger partial charge in [0.25, 0.3) is 0 Å². The van der Waals surface area contributed by atoms with Crippen LogP contribution in [0, 0.1) is 5.92 Å². The van der Waals surface area contributed by atoms with Crippen LogP contribution >= 0.6 is 11.6 Å². The predicted molar refractivity (Wildman–Crippen MR) is 73.1 cm³/mol. The Hall–Kier alpha value is -1.33. The van der Waals surface area contributed by atoms with E-state index in [1.807, 2.05) is 0 Å². The number of nitrogens with zero attached hydrogens (tertiary/aromatic N) is 2. The molecule has 0 aliphatic carbocycles. The van der Waals surface area contributed by atoms with E-state index in [-0.39, 0.29) is 5.91 Å². The number of piperidine rings is 1. The number of carbonyl (C=O) groups is 1. The fourth-order valence-corrected chi connectivity index (χ4v) is 2.38. The summed E-state index contributed by atoms with van der Waals surface area (Å²) in [5.74, 6) is 0.695. The van der Waals surface area contributed by atoms with Gasteiger partial charge in [0.1, 0.15) is 5.02 Å². The van der Waals surface area contributed by atoms with Gasteiger partial charge in [-0.05, 0) is 44.0 Å². The van der Waals surface area contributed by atoms with Gasteiger partial charge in [0.05, 0.1) is 13.2 Å². The van der Waals surface area contributed by atoms with E-state index in [2.05, 4.69) is 9.88 Å². The average molecular weight is 284 g/mol. The lowest BCUT2D eigenvalue weighted by atomic mass is 9.98. The SMILES string of the molecule is NC(=O)CN1CCC(COc2ncccc2Cl)CC1. The van der Waals surface area contributed by atoms with Gasteiger partial charge in [-0.3, -0.25) is 9.69 Å². The van der Waals surface area contributed by atoms with Gasteiger partial charge in [-0.2, -0.15) is 0 Å². The van der Waals surface area contributed by atoms with Crippen molar-refractivity contribution in [2.45, 2.75) is 12.8 Å². The number of primary amides is 1. The van der Waals surface area contributed by atoms with Crippen molar-refractivity contribution < 1.29 is 9.53 Å². The summed E-state index contributed by atoms with van der Waals surface area (Å²) in [4.78, 5) is 17.0. The maximum atomic E-state index is 10.8. The van der Waals surface area contributed by atoms with Gasteiger partial charge >= 0.3 is 0 Å². The number of carbonyl (C=O) groups excluding carboxylic acids is 1. The van der Waals surface area contributed by atoms with Crippen molar-refractivity contribution in [1.82, 2.24) is 9.88 Å². The molecule has 0 saturated carbocycles. The molecule has 104 valence electrons. The van der Waals surface area contributed by atoms with Crippen molar-refractivity contribution >= 4 is 17.5 Å². The summed E-state index contributed by atoms with van der Waals surface area (Å²) in [5, 5.41) is 0.536. The smallest absolute Gasteiger partial charge is 0.232 e. The van der Waals surface area contributed by atoms with Gasteiger partial charge in [-0.25, -0.2) is 4.98 Å². The van der Waals surface area contributed by atoms with E-state index in [1.54, 1.807) is 18.3 Å². The van der Waals surface area contributed by atoms with Crippen molar-refractivity contribution in [3.8, 4) is 5.88 Å². The molecular weight excluding hydrogens is 266 g/mol. The molecule has 1 fully saturated rings. The van der Waals surface area contributed by atoms with Gasteiger partial charge in [0.15, 0.2) is 0 Å². The number of ether oxygens (including phenoxy) is 1. The van der Waals surface area contributed by atoms with Crippen molar-refractivity contribution in [3.63, 3.8) is 0 Å². The summed E-state index contributed by atoms with van der Waals surface area (Å²) in [6.45, 7) is 2.72. The average Bonchev–Trinajstić information content (AvgIpc) is 2.39. The first-order valence-electron chi connectivity index (χ1n) is 6.39. The number of rotatable bonds is 5. The highest BCUT2D eigenvalue weighted by Crippen LogP contribution is 2.23. The van der Waals surface area contributed by atoms with Gasteiger partial charge < -0.3 is 10.5 Å². The molecule has 1 aliphatic heterocycles. The van der Waals surface area contributed by atoms with Gasteiger partial charge in [0.2, 0.25) is 11.8 Å². The molecule has 0 radical (unpaired) electrons. The molecule has 0 unspecified atom stereocenters. The Labute approximate surface area is 117 Å². The summed E-state index contributed by atoms with van der Waals surface area (Å²) in [5.41, 5.74) is 5.18. The summed E-state index contributed by atoms with van der Waals surface area (Å²) in [6.07, 6.45) is 3.66. The van der Waals surface area contributed by atoms with Crippen LogP contribution in [0.1, 0.15) is 12.8 Å². The fourth-order valence-electron chi connectivity index (χ4n) is 2.21. The summed E-state index contributed by atoms with van der Waals surface area (Å²) in [6, 6.07) is 3.54. The second-order valence-electron chi connectivity index (χ2n) is 4.79. The fraction of sp³-hybridized carbons (Fsp3) is 0.538.